The monoisotopic (exact) mass is 217 g/mol. The number of aliphatic carboxylic acids is 1. The van der Waals surface area contributed by atoms with E-state index in [0.717, 1.165) is 10.9 Å². The molecule has 82 valence electrons. The second-order valence-corrected chi connectivity index (χ2v) is 3.80. The highest BCUT2D eigenvalue weighted by molar-refractivity contribution is 5.76. The number of aromatic nitrogens is 2. The van der Waals surface area contributed by atoms with Gasteiger partial charge < -0.3 is 5.11 Å². The molecule has 16 heavy (non-hydrogen) atoms. The van der Waals surface area contributed by atoms with Gasteiger partial charge in [0.15, 0.2) is 12.2 Å². The summed E-state index contributed by atoms with van der Waals surface area (Å²) < 4.78 is 1.69. The molecule has 1 aromatic heterocycles. The topological polar surface area (TPSA) is 54.1 Å². The fraction of sp³-hybridized carbons (Fsp3) is 0.250. The van der Waals surface area contributed by atoms with Crippen molar-refractivity contribution in [3.05, 3.63) is 36.5 Å². The van der Waals surface area contributed by atoms with Crippen molar-refractivity contribution in [2.45, 2.75) is 19.4 Å². The summed E-state index contributed by atoms with van der Waals surface area (Å²) in [5.74, 6) is -0.810. The lowest BCUT2D eigenvalue weighted by Gasteiger charge is -2.02. The fourth-order valence-corrected chi connectivity index (χ4v) is 1.63. The first-order valence-electron chi connectivity index (χ1n) is 5.16. The summed E-state index contributed by atoms with van der Waals surface area (Å²) >= 11 is 0. The van der Waals surface area contributed by atoms with Crippen LogP contribution in [0.2, 0.25) is 0 Å². The molecule has 1 atom stereocenters. The molecule has 0 spiro atoms. The predicted molar refractivity (Wildman–Crippen MR) is 58.9 cm³/mol. The van der Waals surface area contributed by atoms with Crippen LogP contribution in [0.25, 0.3) is 10.9 Å². The molecule has 0 saturated carbocycles. The number of carboxylic acid groups (broad SMARTS) is 1. The lowest BCUT2D eigenvalue weighted by Crippen LogP contribution is -2.42. The summed E-state index contributed by atoms with van der Waals surface area (Å²) in [6.07, 6.45) is 1.89. The minimum atomic E-state index is -0.810. The first-order chi connectivity index (χ1) is 7.66. The molecule has 0 aliphatic heterocycles. The normalized spacial score (nSPS) is 12.6. The van der Waals surface area contributed by atoms with Gasteiger partial charge in [0, 0.05) is 23.5 Å². The first-order valence-corrected chi connectivity index (χ1v) is 5.16. The maximum atomic E-state index is 10.6. The highest BCUT2D eigenvalue weighted by Gasteiger charge is 2.18. The summed E-state index contributed by atoms with van der Waals surface area (Å²) in [6.45, 7) is 1.84. The molecule has 1 unspecified atom stereocenters. The van der Waals surface area contributed by atoms with E-state index in [0.29, 0.717) is 0 Å². The zero-order valence-corrected chi connectivity index (χ0v) is 9.00. The Hall–Kier alpha value is -1.97. The molecule has 1 heterocycles. The molecule has 0 bridgehead atoms. The van der Waals surface area contributed by atoms with E-state index in [1.807, 2.05) is 43.5 Å². The molecule has 4 heteroatoms. The van der Waals surface area contributed by atoms with Gasteiger partial charge >= 0.3 is 5.97 Å². The minimum absolute atomic E-state index is 0.0794. The highest BCUT2D eigenvalue weighted by atomic mass is 16.4. The van der Waals surface area contributed by atoms with E-state index in [2.05, 4.69) is 5.10 Å². The Morgan fingerprint density at radius 1 is 1.44 bits per heavy atom. The summed E-state index contributed by atoms with van der Waals surface area (Å²) in [5.41, 5.74) is 0.877. The Labute approximate surface area is 93.1 Å². The van der Waals surface area contributed by atoms with Crippen molar-refractivity contribution in [1.82, 2.24) is 5.10 Å². The third kappa shape index (κ3) is 2.16. The van der Waals surface area contributed by atoms with Crippen LogP contribution in [0.4, 0.5) is 0 Å². The van der Waals surface area contributed by atoms with E-state index >= 15 is 0 Å². The number of hydrogen-bond donors (Lipinski definition) is 1. The Balaban J connectivity index is 2.35. The fourth-order valence-electron chi connectivity index (χ4n) is 1.63. The van der Waals surface area contributed by atoms with Crippen LogP contribution < -0.4 is 4.68 Å². The van der Waals surface area contributed by atoms with Crippen molar-refractivity contribution in [1.29, 1.82) is 0 Å². The van der Waals surface area contributed by atoms with E-state index in [-0.39, 0.29) is 12.5 Å². The molecule has 2 rings (SSSR count). The van der Waals surface area contributed by atoms with Gasteiger partial charge in [-0.1, -0.05) is 22.9 Å². The van der Waals surface area contributed by atoms with Gasteiger partial charge in [-0.2, -0.15) is 0 Å². The van der Waals surface area contributed by atoms with Crippen LogP contribution >= 0.6 is 0 Å². The lowest BCUT2D eigenvalue weighted by molar-refractivity contribution is -0.771. The van der Waals surface area contributed by atoms with Crippen molar-refractivity contribution in [3.8, 4) is 0 Å². The molecule has 2 aromatic rings. The summed E-state index contributed by atoms with van der Waals surface area (Å²) in [7, 11) is 0. The van der Waals surface area contributed by atoms with Crippen LogP contribution in [0.15, 0.2) is 36.5 Å². The smallest absolute Gasteiger partial charge is 0.310 e. The Kier molecular flexibility index (Phi) is 2.81. The molecule has 0 saturated heterocycles. The van der Waals surface area contributed by atoms with Crippen LogP contribution in [0, 0.1) is 0 Å². The maximum Gasteiger partial charge on any atom is 0.310 e. The van der Waals surface area contributed by atoms with Gasteiger partial charge in [0.05, 0.1) is 0 Å². The molecule has 1 N–H and O–H groups in total. The molecule has 0 fully saturated rings. The van der Waals surface area contributed by atoms with Crippen molar-refractivity contribution in [3.63, 3.8) is 0 Å². The standard InChI is InChI=1S/C12H12N2O2/c1-9(8-12(15)16)14-7-6-10-4-2-3-5-11(10)13-14/h2-7,9H,8H2,1H3/p+1. The van der Waals surface area contributed by atoms with E-state index in [1.54, 1.807) is 4.68 Å². The summed E-state index contributed by atoms with van der Waals surface area (Å²) in [4.78, 5) is 10.6. The van der Waals surface area contributed by atoms with Gasteiger partial charge in [0.25, 0.3) is 0 Å². The quantitative estimate of drug-likeness (QED) is 0.794. The molecule has 1 aromatic carbocycles. The van der Waals surface area contributed by atoms with E-state index in [9.17, 15) is 4.79 Å². The van der Waals surface area contributed by atoms with Gasteiger partial charge in [0.2, 0.25) is 0 Å². The molecule has 4 nitrogen and oxygen atoms in total. The zero-order chi connectivity index (χ0) is 11.5. The van der Waals surface area contributed by atoms with Crippen LogP contribution in [0.5, 0.6) is 0 Å². The third-order valence-corrected chi connectivity index (χ3v) is 2.49. The highest BCUT2D eigenvalue weighted by Crippen LogP contribution is 2.08. The largest absolute Gasteiger partial charge is 0.481 e. The second kappa shape index (κ2) is 4.26. The maximum absolute atomic E-state index is 10.6. The van der Waals surface area contributed by atoms with Crippen LogP contribution in [-0.2, 0) is 4.79 Å². The van der Waals surface area contributed by atoms with Crippen LogP contribution in [0.1, 0.15) is 19.4 Å². The molecule has 0 radical (unpaired) electrons. The number of carbonyl (C=O) groups is 1. The average molecular weight is 217 g/mol. The van der Waals surface area contributed by atoms with Crippen LogP contribution in [-0.4, -0.2) is 16.2 Å². The van der Waals surface area contributed by atoms with E-state index in [4.69, 9.17) is 5.11 Å². The van der Waals surface area contributed by atoms with E-state index in [1.165, 1.54) is 0 Å². The predicted octanol–water partition coefficient (Wildman–Crippen LogP) is 1.56. The van der Waals surface area contributed by atoms with Crippen LogP contribution in [0.3, 0.4) is 0 Å². The second-order valence-electron chi connectivity index (χ2n) is 3.80. The number of hydrogen-bond acceptors (Lipinski definition) is 2. The minimum Gasteiger partial charge on any atom is -0.481 e. The molecular weight excluding hydrogens is 204 g/mol. The Morgan fingerprint density at radius 3 is 2.94 bits per heavy atom. The van der Waals surface area contributed by atoms with Crippen molar-refractivity contribution >= 4 is 16.9 Å². The van der Waals surface area contributed by atoms with Crippen molar-refractivity contribution in [2.75, 3.05) is 0 Å². The Morgan fingerprint density at radius 2 is 2.19 bits per heavy atom. The molecule has 0 amide bonds. The van der Waals surface area contributed by atoms with Gasteiger partial charge in [0.1, 0.15) is 11.9 Å². The summed E-state index contributed by atoms with van der Waals surface area (Å²) in [5, 5.41) is 14.2. The number of nitrogens with zero attached hydrogens (tertiary/aromatic N) is 2. The first kappa shape index (κ1) is 10.5. The van der Waals surface area contributed by atoms with Gasteiger partial charge in [-0.05, 0) is 6.07 Å². The van der Waals surface area contributed by atoms with Crippen molar-refractivity contribution < 1.29 is 14.6 Å². The lowest BCUT2D eigenvalue weighted by atomic mass is 10.2. The SMILES string of the molecule is CC(CC(=O)O)[n+]1ccc2ccccc2n1. The number of carboxylic acids is 1. The number of rotatable bonds is 3. The third-order valence-electron chi connectivity index (χ3n) is 2.49. The van der Waals surface area contributed by atoms with Gasteiger partial charge in [-0.15, -0.1) is 0 Å². The van der Waals surface area contributed by atoms with Crippen molar-refractivity contribution in [2.24, 2.45) is 0 Å². The molecular formula is C12H13N2O2+. The van der Waals surface area contributed by atoms with Gasteiger partial charge in [-0.25, -0.2) is 0 Å². The summed E-state index contributed by atoms with van der Waals surface area (Å²) in [6, 6.07) is 9.58. The molecule has 0 aliphatic rings. The Bertz CT molecular complexity index is 525. The number of fused-ring (bicyclic) bond motifs is 1. The molecule has 0 aliphatic carbocycles. The zero-order valence-electron chi connectivity index (χ0n) is 9.00. The average Bonchev–Trinajstić information content (AvgIpc) is 2.27. The van der Waals surface area contributed by atoms with E-state index < -0.39 is 5.97 Å². The van der Waals surface area contributed by atoms with Gasteiger partial charge in [-0.3, -0.25) is 4.79 Å². The number of benzene rings is 1.